The summed E-state index contributed by atoms with van der Waals surface area (Å²) >= 11 is 0. The number of carbonyl (C=O) groups is 1. The minimum absolute atomic E-state index is 0.0751. The maximum absolute atomic E-state index is 12.0. The Morgan fingerprint density at radius 2 is 2.06 bits per heavy atom. The summed E-state index contributed by atoms with van der Waals surface area (Å²) in [6, 6.07) is 4.34. The summed E-state index contributed by atoms with van der Waals surface area (Å²) in [6.07, 6.45) is 0.532. The number of sulfonamides is 1. The van der Waals surface area contributed by atoms with Crippen molar-refractivity contribution in [3.63, 3.8) is 0 Å². The number of aldehydes is 1. The Bertz CT molecular complexity index is 540. The maximum Gasteiger partial charge on any atom is 0.243 e. The van der Waals surface area contributed by atoms with Gasteiger partial charge in [0.2, 0.25) is 16.8 Å². The van der Waals surface area contributed by atoms with Crippen LogP contribution in [0.1, 0.15) is 0 Å². The van der Waals surface area contributed by atoms with Gasteiger partial charge in [-0.1, -0.05) is 0 Å². The average molecular weight is 257 g/mol. The molecule has 0 spiro atoms. The third-order valence-corrected chi connectivity index (χ3v) is 4.20. The summed E-state index contributed by atoms with van der Waals surface area (Å²) in [5.41, 5.74) is 0. The van der Waals surface area contributed by atoms with E-state index in [0.717, 1.165) is 4.31 Å². The predicted molar refractivity (Wildman–Crippen MR) is 58.4 cm³/mol. The molecule has 1 aromatic carbocycles. The maximum atomic E-state index is 12.0. The largest absolute Gasteiger partial charge is 0.454 e. The topological polar surface area (TPSA) is 72.9 Å². The molecule has 0 amide bonds. The third kappa shape index (κ3) is 2.11. The molecule has 0 atom stereocenters. The quantitative estimate of drug-likeness (QED) is 0.722. The molecule has 7 heteroatoms. The van der Waals surface area contributed by atoms with E-state index in [-0.39, 0.29) is 18.2 Å². The number of benzene rings is 1. The minimum atomic E-state index is -3.66. The number of hydrogen-bond acceptors (Lipinski definition) is 5. The minimum Gasteiger partial charge on any atom is -0.454 e. The monoisotopic (exact) mass is 257 g/mol. The second kappa shape index (κ2) is 4.34. The molecule has 0 N–H and O–H groups in total. The lowest BCUT2D eigenvalue weighted by Gasteiger charge is -2.14. The van der Waals surface area contributed by atoms with Crippen molar-refractivity contribution in [2.75, 3.05) is 20.4 Å². The summed E-state index contributed by atoms with van der Waals surface area (Å²) in [5, 5.41) is 0. The highest BCUT2D eigenvalue weighted by Crippen LogP contribution is 2.34. The van der Waals surface area contributed by atoms with Gasteiger partial charge in [0.15, 0.2) is 11.5 Å². The summed E-state index contributed by atoms with van der Waals surface area (Å²) in [5.74, 6) is 0.910. The Morgan fingerprint density at radius 3 is 2.76 bits per heavy atom. The number of rotatable bonds is 4. The van der Waals surface area contributed by atoms with Crippen molar-refractivity contribution < 1.29 is 22.7 Å². The van der Waals surface area contributed by atoms with E-state index in [1.54, 1.807) is 0 Å². The molecule has 2 rings (SSSR count). The van der Waals surface area contributed by atoms with E-state index >= 15 is 0 Å². The van der Waals surface area contributed by atoms with Crippen LogP contribution in [0.15, 0.2) is 23.1 Å². The first kappa shape index (κ1) is 11.9. The molecule has 17 heavy (non-hydrogen) atoms. The van der Waals surface area contributed by atoms with Gasteiger partial charge in [-0.15, -0.1) is 0 Å². The lowest BCUT2D eigenvalue weighted by atomic mass is 10.3. The second-order valence-electron chi connectivity index (χ2n) is 3.47. The molecule has 0 saturated carbocycles. The van der Waals surface area contributed by atoms with Gasteiger partial charge in [-0.05, 0) is 12.1 Å². The number of hydrogen-bond donors (Lipinski definition) is 0. The zero-order valence-electron chi connectivity index (χ0n) is 9.12. The standard InChI is InChI=1S/C10H11NO5S/c1-11(4-5-12)17(13,14)8-2-3-9-10(6-8)16-7-15-9/h2-3,5-6H,4,7H2,1H3. The summed E-state index contributed by atoms with van der Waals surface area (Å²) in [7, 11) is -2.31. The molecule has 6 nitrogen and oxygen atoms in total. The van der Waals surface area contributed by atoms with E-state index in [2.05, 4.69) is 0 Å². The average Bonchev–Trinajstić information content (AvgIpc) is 2.76. The van der Waals surface area contributed by atoms with E-state index in [1.807, 2.05) is 0 Å². The van der Waals surface area contributed by atoms with Gasteiger partial charge in [-0.25, -0.2) is 8.42 Å². The molecule has 0 fully saturated rings. The van der Waals surface area contributed by atoms with E-state index in [1.165, 1.54) is 25.2 Å². The fraction of sp³-hybridized carbons (Fsp3) is 0.300. The Kier molecular flexibility index (Phi) is 3.03. The first-order valence-corrected chi connectivity index (χ1v) is 6.29. The number of fused-ring (bicyclic) bond motifs is 1. The van der Waals surface area contributed by atoms with E-state index in [4.69, 9.17) is 9.47 Å². The van der Waals surface area contributed by atoms with Crippen LogP contribution in [-0.2, 0) is 14.8 Å². The van der Waals surface area contributed by atoms with Crippen molar-refractivity contribution in [3.05, 3.63) is 18.2 Å². The Labute approximate surface area is 98.8 Å². The Morgan fingerprint density at radius 1 is 1.35 bits per heavy atom. The molecule has 92 valence electrons. The highest BCUT2D eigenvalue weighted by Gasteiger charge is 2.23. The SMILES string of the molecule is CN(CC=O)S(=O)(=O)c1ccc2c(c1)OCO2. The second-order valence-corrected chi connectivity index (χ2v) is 5.51. The van der Waals surface area contributed by atoms with Crippen molar-refractivity contribution in [3.8, 4) is 11.5 Å². The van der Waals surface area contributed by atoms with Crippen LogP contribution >= 0.6 is 0 Å². The van der Waals surface area contributed by atoms with Gasteiger partial charge in [-0.2, -0.15) is 4.31 Å². The van der Waals surface area contributed by atoms with Crippen LogP contribution in [0, 0.1) is 0 Å². The lowest BCUT2D eigenvalue weighted by Crippen LogP contribution is -2.28. The van der Waals surface area contributed by atoms with Gasteiger partial charge in [0.1, 0.15) is 6.29 Å². The van der Waals surface area contributed by atoms with Crippen molar-refractivity contribution in [1.29, 1.82) is 0 Å². The summed E-state index contributed by atoms with van der Waals surface area (Å²) in [4.78, 5) is 10.4. The number of ether oxygens (including phenoxy) is 2. The van der Waals surface area contributed by atoms with Crippen LogP contribution in [0.5, 0.6) is 11.5 Å². The zero-order valence-corrected chi connectivity index (χ0v) is 9.94. The predicted octanol–water partition coefficient (Wildman–Crippen LogP) is 0.235. The molecule has 1 aromatic rings. The highest BCUT2D eigenvalue weighted by molar-refractivity contribution is 7.89. The van der Waals surface area contributed by atoms with Gasteiger partial charge < -0.3 is 14.3 Å². The highest BCUT2D eigenvalue weighted by atomic mass is 32.2. The molecule has 0 unspecified atom stereocenters. The Balaban J connectivity index is 2.37. The van der Waals surface area contributed by atoms with Crippen LogP contribution in [-0.4, -0.2) is 39.4 Å². The zero-order chi connectivity index (χ0) is 12.5. The third-order valence-electron chi connectivity index (χ3n) is 2.38. The van der Waals surface area contributed by atoms with E-state index in [9.17, 15) is 13.2 Å². The number of likely N-dealkylation sites (N-methyl/N-ethyl adjacent to an activating group) is 1. The molecular formula is C10H11NO5S. The summed E-state index contributed by atoms with van der Waals surface area (Å²) in [6.45, 7) is -0.0974. The molecule has 0 saturated heterocycles. The molecule has 1 heterocycles. The number of nitrogens with zero attached hydrogens (tertiary/aromatic N) is 1. The van der Waals surface area contributed by atoms with Crippen LogP contribution in [0.3, 0.4) is 0 Å². The van der Waals surface area contributed by atoms with E-state index < -0.39 is 10.0 Å². The normalized spacial score (nSPS) is 14.0. The fourth-order valence-electron chi connectivity index (χ4n) is 1.42. The van der Waals surface area contributed by atoms with Crippen molar-refractivity contribution in [2.24, 2.45) is 0 Å². The molecule has 0 aromatic heterocycles. The van der Waals surface area contributed by atoms with Crippen LogP contribution in [0.4, 0.5) is 0 Å². The smallest absolute Gasteiger partial charge is 0.243 e. The van der Waals surface area contributed by atoms with Gasteiger partial charge in [-0.3, -0.25) is 0 Å². The Hall–Kier alpha value is -1.60. The molecule has 0 bridgehead atoms. The van der Waals surface area contributed by atoms with E-state index in [0.29, 0.717) is 17.8 Å². The molecule has 0 aliphatic carbocycles. The van der Waals surface area contributed by atoms with Gasteiger partial charge in [0.25, 0.3) is 0 Å². The fourth-order valence-corrected chi connectivity index (χ4v) is 2.53. The first-order valence-electron chi connectivity index (χ1n) is 4.85. The van der Waals surface area contributed by atoms with Gasteiger partial charge in [0, 0.05) is 13.1 Å². The first-order chi connectivity index (χ1) is 8.05. The van der Waals surface area contributed by atoms with Crippen LogP contribution < -0.4 is 9.47 Å². The molecule has 1 aliphatic heterocycles. The lowest BCUT2D eigenvalue weighted by molar-refractivity contribution is -0.107. The molecule has 0 radical (unpaired) electrons. The van der Waals surface area contributed by atoms with Crippen molar-refractivity contribution in [2.45, 2.75) is 4.90 Å². The molecular weight excluding hydrogens is 246 g/mol. The van der Waals surface area contributed by atoms with Crippen molar-refractivity contribution >= 4 is 16.3 Å². The van der Waals surface area contributed by atoms with Gasteiger partial charge in [0.05, 0.1) is 11.4 Å². The van der Waals surface area contributed by atoms with Crippen LogP contribution in [0.25, 0.3) is 0 Å². The summed E-state index contributed by atoms with van der Waals surface area (Å²) < 4.78 is 35.1. The van der Waals surface area contributed by atoms with Crippen molar-refractivity contribution in [1.82, 2.24) is 4.31 Å². The van der Waals surface area contributed by atoms with Crippen LogP contribution in [0.2, 0.25) is 0 Å². The number of carbonyl (C=O) groups excluding carboxylic acids is 1. The molecule has 1 aliphatic rings. The van der Waals surface area contributed by atoms with Gasteiger partial charge >= 0.3 is 0 Å².